The molecule has 1 aliphatic rings. The molecule has 1 heteroatoms. The molecule has 0 aromatic heterocycles. The summed E-state index contributed by atoms with van der Waals surface area (Å²) < 4.78 is 0. The molecule has 0 unspecified atom stereocenters. The molecule has 0 nitrogen and oxygen atoms in total. The maximum Gasteiger partial charge on any atom is 0.0939 e. The van der Waals surface area contributed by atoms with E-state index in [1.165, 1.54) is 57.0 Å². The summed E-state index contributed by atoms with van der Waals surface area (Å²) in [5.41, 5.74) is 0. The van der Waals surface area contributed by atoms with Crippen LogP contribution in [0.5, 0.6) is 0 Å². The first-order valence-electron chi connectivity index (χ1n) is 7.29. The van der Waals surface area contributed by atoms with E-state index in [0.717, 1.165) is 0 Å². The zero-order valence-electron chi connectivity index (χ0n) is 11.2. The van der Waals surface area contributed by atoms with E-state index >= 15 is 0 Å². The first-order valence-corrected chi connectivity index (χ1v) is 9.63. The van der Waals surface area contributed by atoms with Crippen molar-refractivity contribution in [1.82, 2.24) is 0 Å². The van der Waals surface area contributed by atoms with Crippen molar-refractivity contribution in [2.24, 2.45) is 0 Å². The highest BCUT2D eigenvalue weighted by atomic mass is 31.2. The van der Waals surface area contributed by atoms with Crippen LogP contribution in [0.25, 0.3) is 0 Å². The molecule has 0 bridgehead atoms. The third kappa shape index (κ3) is 3.32. The minimum Gasteiger partial charge on any atom is -0.0654 e. The molecule has 0 N–H and O–H groups in total. The van der Waals surface area contributed by atoms with Crippen molar-refractivity contribution in [3.8, 4) is 0 Å². The Morgan fingerprint density at radius 3 is 2.29 bits per heavy atom. The highest BCUT2D eigenvalue weighted by molar-refractivity contribution is 7.83. The molecule has 1 aliphatic heterocycles. The van der Waals surface area contributed by atoms with E-state index < -0.39 is 7.26 Å². The van der Waals surface area contributed by atoms with E-state index in [2.05, 4.69) is 37.3 Å². The summed E-state index contributed by atoms with van der Waals surface area (Å²) in [6, 6.07) is 11.5. The molecule has 0 aliphatic carbocycles. The van der Waals surface area contributed by atoms with Gasteiger partial charge in [-0.25, -0.2) is 0 Å². The molecule has 0 saturated carbocycles. The third-order valence-corrected chi connectivity index (χ3v) is 9.08. The summed E-state index contributed by atoms with van der Waals surface area (Å²) in [5.74, 6) is 0. The number of rotatable bonds is 5. The third-order valence-electron chi connectivity index (χ3n) is 4.17. The fraction of sp³-hybridized carbons (Fsp3) is 0.625. The molecule has 94 valence electrons. The maximum atomic E-state index is 2.41. The van der Waals surface area contributed by atoms with Gasteiger partial charge in [0.25, 0.3) is 0 Å². The lowest BCUT2D eigenvalue weighted by molar-refractivity contribution is 0.731. The fourth-order valence-electron chi connectivity index (χ4n) is 3.14. The molecule has 1 heterocycles. The summed E-state index contributed by atoms with van der Waals surface area (Å²) in [5, 5.41) is 1.72. The Labute approximate surface area is 107 Å². The SMILES string of the molecule is CCCCC[P+]1(c2ccccc2)CCCCC1. The molecule has 2 rings (SSSR count). The quantitative estimate of drug-likeness (QED) is 0.524. The lowest BCUT2D eigenvalue weighted by Gasteiger charge is -2.31. The number of unbranched alkanes of at least 4 members (excludes halogenated alkanes) is 2. The van der Waals surface area contributed by atoms with Crippen LogP contribution in [0, 0.1) is 0 Å². The maximum absolute atomic E-state index is 2.41. The van der Waals surface area contributed by atoms with Gasteiger partial charge in [-0.3, -0.25) is 0 Å². The second-order valence-electron chi connectivity index (χ2n) is 5.42. The van der Waals surface area contributed by atoms with Crippen LogP contribution < -0.4 is 5.30 Å². The highest BCUT2D eigenvalue weighted by Gasteiger charge is 2.40. The van der Waals surface area contributed by atoms with E-state index in [4.69, 9.17) is 0 Å². The van der Waals surface area contributed by atoms with Crippen molar-refractivity contribution < 1.29 is 0 Å². The molecule has 1 saturated heterocycles. The molecule has 0 radical (unpaired) electrons. The van der Waals surface area contributed by atoms with Gasteiger partial charge in [0.15, 0.2) is 0 Å². The van der Waals surface area contributed by atoms with Crippen molar-refractivity contribution in [1.29, 1.82) is 0 Å². The monoisotopic (exact) mass is 249 g/mol. The summed E-state index contributed by atoms with van der Waals surface area (Å²) in [6.07, 6.45) is 13.3. The molecule has 1 aromatic rings. The van der Waals surface area contributed by atoms with Crippen LogP contribution in [-0.4, -0.2) is 18.5 Å². The minimum atomic E-state index is -0.772. The molecule has 0 spiro atoms. The second kappa shape index (κ2) is 6.55. The van der Waals surface area contributed by atoms with Gasteiger partial charge < -0.3 is 0 Å². The Kier molecular flexibility index (Phi) is 5.04. The molecule has 0 amide bonds. The lowest BCUT2D eigenvalue weighted by atomic mass is 10.3. The Balaban J connectivity index is 2.11. The van der Waals surface area contributed by atoms with Crippen LogP contribution in [0.4, 0.5) is 0 Å². The van der Waals surface area contributed by atoms with Crippen molar-refractivity contribution in [2.45, 2.75) is 45.4 Å². The van der Waals surface area contributed by atoms with Crippen molar-refractivity contribution in [2.75, 3.05) is 18.5 Å². The van der Waals surface area contributed by atoms with Gasteiger partial charge in [-0.2, -0.15) is 0 Å². The van der Waals surface area contributed by atoms with Gasteiger partial charge in [0.1, 0.15) is 0 Å². The average molecular weight is 249 g/mol. The Morgan fingerprint density at radius 2 is 1.65 bits per heavy atom. The van der Waals surface area contributed by atoms with Crippen molar-refractivity contribution in [3.05, 3.63) is 30.3 Å². The zero-order valence-corrected chi connectivity index (χ0v) is 12.1. The molecule has 17 heavy (non-hydrogen) atoms. The molecule has 0 atom stereocenters. The van der Waals surface area contributed by atoms with E-state index in [0.29, 0.717) is 0 Å². The number of hydrogen-bond donors (Lipinski definition) is 0. The number of hydrogen-bond acceptors (Lipinski definition) is 0. The predicted molar refractivity (Wildman–Crippen MR) is 81.0 cm³/mol. The van der Waals surface area contributed by atoms with Gasteiger partial charge in [-0.1, -0.05) is 38.0 Å². The van der Waals surface area contributed by atoms with Gasteiger partial charge in [0, 0.05) is 7.26 Å². The van der Waals surface area contributed by atoms with Gasteiger partial charge in [0.05, 0.1) is 23.8 Å². The summed E-state index contributed by atoms with van der Waals surface area (Å²) >= 11 is 0. The smallest absolute Gasteiger partial charge is 0.0654 e. The van der Waals surface area contributed by atoms with Crippen LogP contribution in [0.3, 0.4) is 0 Å². The van der Waals surface area contributed by atoms with Gasteiger partial charge in [0.2, 0.25) is 0 Å². The van der Waals surface area contributed by atoms with Crippen molar-refractivity contribution in [3.63, 3.8) is 0 Å². The van der Waals surface area contributed by atoms with E-state index in [1.54, 1.807) is 5.30 Å². The molecular weight excluding hydrogens is 223 g/mol. The summed E-state index contributed by atoms with van der Waals surface area (Å²) in [4.78, 5) is 0. The van der Waals surface area contributed by atoms with Crippen LogP contribution >= 0.6 is 7.26 Å². The van der Waals surface area contributed by atoms with Crippen LogP contribution in [0.15, 0.2) is 30.3 Å². The Hall–Kier alpha value is -0.350. The van der Waals surface area contributed by atoms with Gasteiger partial charge in [-0.15, -0.1) is 0 Å². The molecule has 1 aromatic carbocycles. The van der Waals surface area contributed by atoms with Crippen LogP contribution in [-0.2, 0) is 0 Å². The van der Waals surface area contributed by atoms with Crippen molar-refractivity contribution >= 4 is 12.6 Å². The summed E-state index contributed by atoms with van der Waals surface area (Å²) in [7, 11) is -0.772. The average Bonchev–Trinajstić information content (AvgIpc) is 2.41. The van der Waals surface area contributed by atoms with Gasteiger partial charge in [-0.05, 0) is 37.8 Å². The Bertz CT molecular complexity index is 312. The second-order valence-corrected chi connectivity index (χ2v) is 9.57. The zero-order chi connectivity index (χ0) is 12.0. The summed E-state index contributed by atoms with van der Waals surface area (Å²) in [6.45, 7) is 2.31. The van der Waals surface area contributed by atoms with E-state index in [1.807, 2.05) is 0 Å². The largest absolute Gasteiger partial charge is 0.0939 e. The van der Waals surface area contributed by atoms with Gasteiger partial charge >= 0.3 is 0 Å². The molecular formula is C16H26P+. The minimum absolute atomic E-state index is 0.772. The normalized spacial score (nSPS) is 19.1. The van der Waals surface area contributed by atoms with Crippen LogP contribution in [0.1, 0.15) is 45.4 Å². The Morgan fingerprint density at radius 1 is 0.941 bits per heavy atom. The standard InChI is InChI=1S/C16H26P/c1-2-3-8-13-17(14-9-5-10-15-17)16-11-6-4-7-12-16/h4,6-7,11-12H,2-3,5,8-10,13-15H2,1H3/q+1. The number of benzene rings is 1. The van der Waals surface area contributed by atoms with E-state index in [9.17, 15) is 0 Å². The van der Waals surface area contributed by atoms with E-state index in [-0.39, 0.29) is 0 Å². The first kappa shape index (κ1) is 13.1. The topological polar surface area (TPSA) is 0 Å². The van der Waals surface area contributed by atoms with Crippen LogP contribution in [0.2, 0.25) is 0 Å². The predicted octanol–water partition coefficient (Wildman–Crippen LogP) is 4.70. The highest BCUT2D eigenvalue weighted by Crippen LogP contribution is 2.61. The lowest BCUT2D eigenvalue weighted by Crippen LogP contribution is -2.23. The first-order chi connectivity index (χ1) is 8.37. The fourth-order valence-corrected chi connectivity index (χ4v) is 7.87. The molecule has 1 fully saturated rings.